The molecule has 0 aliphatic heterocycles. The number of carbonyl (C=O) groups is 1. The first-order valence-corrected chi connectivity index (χ1v) is 3.50. The summed E-state index contributed by atoms with van der Waals surface area (Å²) >= 11 is 0. The molecule has 4 heteroatoms. The second-order valence-electron chi connectivity index (χ2n) is 2.23. The van der Waals surface area contributed by atoms with Gasteiger partial charge >= 0.3 is 5.97 Å². The van der Waals surface area contributed by atoms with E-state index in [4.69, 9.17) is 10.4 Å². The molecule has 0 radical (unpaired) electrons. The summed E-state index contributed by atoms with van der Waals surface area (Å²) in [5.41, 5.74) is 0.139. The Labute approximate surface area is 74.8 Å². The number of nitrogens with zero attached hydrogens (tertiary/aromatic N) is 2. The molecule has 0 unspecified atom stereocenters. The lowest BCUT2D eigenvalue weighted by Crippen LogP contribution is -1.97. The number of aromatic nitrogens is 1. The van der Waals surface area contributed by atoms with Crippen LogP contribution in [-0.4, -0.2) is 16.1 Å². The maximum Gasteiger partial charge on any atom is 0.346 e. The van der Waals surface area contributed by atoms with Crippen LogP contribution in [0.25, 0.3) is 6.08 Å². The minimum Gasteiger partial charge on any atom is -0.477 e. The fourth-order valence-electron chi connectivity index (χ4n) is 0.751. The van der Waals surface area contributed by atoms with Crippen molar-refractivity contribution in [2.45, 2.75) is 0 Å². The van der Waals surface area contributed by atoms with E-state index in [2.05, 4.69) is 4.98 Å². The topological polar surface area (TPSA) is 74.0 Å². The Kier molecular flexibility index (Phi) is 2.77. The van der Waals surface area contributed by atoms with Gasteiger partial charge in [0.15, 0.2) is 0 Å². The maximum atomic E-state index is 10.4. The van der Waals surface area contributed by atoms with Crippen molar-refractivity contribution in [2.75, 3.05) is 0 Å². The van der Waals surface area contributed by atoms with Crippen LogP contribution in [0.1, 0.15) is 5.69 Å². The number of hydrogen-bond acceptors (Lipinski definition) is 3. The lowest BCUT2D eigenvalue weighted by atomic mass is 10.2. The molecule has 0 atom stereocenters. The molecule has 4 nitrogen and oxygen atoms in total. The summed E-state index contributed by atoms with van der Waals surface area (Å²) in [7, 11) is 0. The van der Waals surface area contributed by atoms with Gasteiger partial charge in [-0.25, -0.2) is 4.79 Å². The largest absolute Gasteiger partial charge is 0.477 e. The van der Waals surface area contributed by atoms with Crippen LogP contribution in [0.2, 0.25) is 0 Å². The Morgan fingerprint density at radius 3 is 2.85 bits per heavy atom. The molecule has 0 bridgehead atoms. The zero-order valence-electron chi connectivity index (χ0n) is 6.64. The van der Waals surface area contributed by atoms with Gasteiger partial charge in [0.2, 0.25) is 0 Å². The normalized spacial score (nSPS) is 10.5. The average molecular weight is 174 g/mol. The fraction of sp³-hybridized carbons (Fsp3) is 0. The van der Waals surface area contributed by atoms with Crippen LogP contribution in [0.15, 0.2) is 30.0 Å². The van der Waals surface area contributed by atoms with Crippen molar-refractivity contribution in [2.24, 2.45) is 0 Å². The van der Waals surface area contributed by atoms with Gasteiger partial charge in [-0.05, 0) is 18.2 Å². The van der Waals surface area contributed by atoms with Crippen molar-refractivity contribution in [3.05, 3.63) is 35.7 Å². The van der Waals surface area contributed by atoms with Crippen molar-refractivity contribution in [3.8, 4) is 6.07 Å². The Bertz CT molecular complexity index is 376. The zero-order valence-corrected chi connectivity index (χ0v) is 6.64. The van der Waals surface area contributed by atoms with Gasteiger partial charge in [0.25, 0.3) is 0 Å². The molecule has 1 heterocycles. The van der Waals surface area contributed by atoms with Crippen LogP contribution >= 0.6 is 0 Å². The van der Waals surface area contributed by atoms with Crippen molar-refractivity contribution >= 4 is 12.0 Å². The third-order valence-electron chi connectivity index (χ3n) is 1.33. The first kappa shape index (κ1) is 8.94. The quantitative estimate of drug-likeness (QED) is 0.537. The van der Waals surface area contributed by atoms with E-state index in [1.807, 2.05) is 0 Å². The van der Waals surface area contributed by atoms with E-state index in [9.17, 15) is 4.79 Å². The third-order valence-corrected chi connectivity index (χ3v) is 1.33. The monoisotopic (exact) mass is 174 g/mol. The number of hydrogen-bond donors (Lipinski definition) is 1. The van der Waals surface area contributed by atoms with Crippen LogP contribution in [0.3, 0.4) is 0 Å². The Morgan fingerprint density at radius 1 is 1.62 bits per heavy atom. The summed E-state index contributed by atoms with van der Waals surface area (Å²) < 4.78 is 0. The minimum absolute atomic E-state index is 0.321. The molecule has 1 N–H and O–H groups in total. The van der Waals surface area contributed by atoms with E-state index in [0.29, 0.717) is 5.69 Å². The molecule has 0 amide bonds. The van der Waals surface area contributed by atoms with Gasteiger partial charge in [-0.2, -0.15) is 5.26 Å². The summed E-state index contributed by atoms with van der Waals surface area (Å²) in [6, 6.07) is 6.63. The van der Waals surface area contributed by atoms with E-state index in [1.165, 1.54) is 12.3 Å². The number of carboxylic acids is 1. The predicted octanol–water partition coefficient (Wildman–Crippen LogP) is 1.07. The highest BCUT2D eigenvalue weighted by atomic mass is 16.4. The molecular weight excluding hydrogens is 168 g/mol. The first-order chi connectivity index (χ1) is 6.24. The van der Waals surface area contributed by atoms with E-state index in [0.717, 1.165) is 0 Å². The Hall–Kier alpha value is -2.15. The Balaban J connectivity index is 3.01. The predicted molar refractivity (Wildman–Crippen MR) is 45.5 cm³/mol. The van der Waals surface area contributed by atoms with Crippen molar-refractivity contribution in [1.29, 1.82) is 5.26 Å². The summed E-state index contributed by atoms with van der Waals surface area (Å²) in [5, 5.41) is 16.9. The van der Waals surface area contributed by atoms with E-state index >= 15 is 0 Å². The van der Waals surface area contributed by atoms with Crippen LogP contribution in [0, 0.1) is 11.3 Å². The number of rotatable bonds is 2. The molecule has 1 aromatic rings. The smallest absolute Gasteiger partial charge is 0.346 e. The van der Waals surface area contributed by atoms with E-state index in [-0.39, 0.29) is 5.57 Å². The first-order valence-electron chi connectivity index (χ1n) is 3.50. The van der Waals surface area contributed by atoms with Crippen molar-refractivity contribution in [1.82, 2.24) is 4.98 Å². The van der Waals surface area contributed by atoms with Crippen LogP contribution in [0.5, 0.6) is 0 Å². The summed E-state index contributed by atoms with van der Waals surface area (Å²) in [6.45, 7) is 0. The minimum atomic E-state index is -1.24. The number of carboxylic acid groups (broad SMARTS) is 1. The third kappa shape index (κ3) is 2.42. The lowest BCUT2D eigenvalue weighted by Gasteiger charge is -1.91. The van der Waals surface area contributed by atoms with Gasteiger partial charge in [-0.1, -0.05) is 6.07 Å². The second-order valence-corrected chi connectivity index (χ2v) is 2.23. The zero-order chi connectivity index (χ0) is 9.68. The molecular formula is C9H6N2O2. The fourth-order valence-corrected chi connectivity index (χ4v) is 0.751. The van der Waals surface area contributed by atoms with Crippen molar-refractivity contribution in [3.63, 3.8) is 0 Å². The molecule has 0 saturated heterocycles. The molecule has 0 spiro atoms. The summed E-state index contributed by atoms with van der Waals surface area (Å²) in [4.78, 5) is 14.3. The van der Waals surface area contributed by atoms with Crippen LogP contribution in [-0.2, 0) is 4.79 Å². The molecule has 0 fully saturated rings. The molecule has 1 rings (SSSR count). The maximum absolute atomic E-state index is 10.4. The standard InChI is InChI=1S/C9H6N2O2/c10-6-7(9(12)13)5-8-3-1-2-4-11-8/h1-5H,(H,12,13)/b7-5+. The van der Waals surface area contributed by atoms with Gasteiger partial charge in [-0.3, -0.25) is 4.98 Å². The lowest BCUT2D eigenvalue weighted by molar-refractivity contribution is -0.132. The molecule has 1 aromatic heterocycles. The van der Waals surface area contributed by atoms with Gasteiger partial charge in [-0.15, -0.1) is 0 Å². The molecule has 0 aliphatic carbocycles. The highest BCUT2D eigenvalue weighted by molar-refractivity contribution is 5.96. The molecule has 64 valence electrons. The van der Waals surface area contributed by atoms with Crippen LogP contribution in [0.4, 0.5) is 0 Å². The molecule has 0 aliphatic rings. The van der Waals surface area contributed by atoms with E-state index < -0.39 is 5.97 Å². The molecule has 0 aromatic carbocycles. The number of pyridine rings is 1. The van der Waals surface area contributed by atoms with Gasteiger partial charge in [0.1, 0.15) is 11.6 Å². The van der Waals surface area contributed by atoms with Gasteiger partial charge in [0, 0.05) is 6.20 Å². The van der Waals surface area contributed by atoms with Crippen LogP contribution < -0.4 is 0 Å². The summed E-state index contributed by atoms with van der Waals surface area (Å²) in [5.74, 6) is -1.24. The highest BCUT2D eigenvalue weighted by Crippen LogP contribution is 2.02. The van der Waals surface area contributed by atoms with E-state index in [1.54, 1.807) is 24.3 Å². The van der Waals surface area contributed by atoms with Crippen molar-refractivity contribution < 1.29 is 9.90 Å². The number of nitriles is 1. The SMILES string of the molecule is N#C/C(=C\c1ccccn1)C(=O)O. The number of aliphatic carboxylic acids is 1. The van der Waals surface area contributed by atoms with Gasteiger partial charge < -0.3 is 5.11 Å². The second kappa shape index (κ2) is 4.02. The Morgan fingerprint density at radius 2 is 2.38 bits per heavy atom. The average Bonchev–Trinajstić information content (AvgIpc) is 2.15. The summed E-state index contributed by atoms with van der Waals surface area (Å²) in [6.07, 6.45) is 2.75. The molecule has 0 saturated carbocycles. The van der Waals surface area contributed by atoms with Gasteiger partial charge in [0.05, 0.1) is 5.69 Å². The molecule has 13 heavy (non-hydrogen) atoms. The highest BCUT2D eigenvalue weighted by Gasteiger charge is 2.05.